The second kappa shape index (κ2) is 3.99. The Morgan fingerprint density at radius 1 is 1.56 bits per heavy atom. The second-order valence-electron chi connectivity index (χ2n) is 3.54. The zero-order valence-corrected chi connectivity index (χ0v) is 9.45. The number of carbonyl (C=O) groups is 1. The van der Waals surface area contributed by atoms with Gasteiger partial charge in [0.2, 0.25) is 5.91 Å². The third-order valence-corrected chi connectivity index (χ3v) is 2.69. The first-order valence-electron chi connectivity index (χ1n) is 4.81. The van der Waals surface area contributed by atoms with Crippen molar-refractivity contribution in [1.82, 2.24) is 4.57 Å². The molecular formula is C12H9ClN2O. The molecule has 1 aromatic carbocycles. The smallest absolute Gasteiger partial charge is 0.227 e. The number of hydrogen-bond acceptors (Lipinski definition) is 2. The number of carbonyl (C=O) groups excluding carboxylic acids is 1. The minimum absolute atomic E-state index is 0.0727. The van der Waals surface area contributed by atoms with Gasteiger partial charge in [-0.1, -0.05) is 11.6 Å². The van der Waals surface area contributed by atoms with Crippen LogP contribution in [0.5, 0.6) is 0 Å². The molecule has 0 radical (unpaired) electrons. The summed E-state index contributed by atoms with van der Waals surface area (Å²) in [4.78, 5) is 11.4. The molecule has 0 saturated carbocycles. The highest BCUT2D eigenvalue weighted by atomic mass is 35.5. The molecule has 0 N–H and O–H groups in total. The normalized spacial score (nSPS) is 10.3. The Bertz CT molecular complexity index is 607. The number of rotatable bonds is 1. The van der Waals surface area contributed by atoms with Gasteiger partial charge in [-0.25, -0.2) is 0 Å². The van der Waals surface area contributed by atoms with Crippen LogP contribution in [0.15, 0.2) is 24.4 Å². The van der Waals surface area contributed by atoms with E-state index in [0.29, 0.717) is 5.02 Å². The van der Waals surface area contributed by atoms with Crippen LogP contribution in [-0.2, 0) is 6.42 Å². The van der Waals surface area contributed by atoms with E-state index >= 15 is 0 Å². The first-order valence-corrected chi connectivity index (χ1v) is 5.18. The van der Waals surface area contributed by atoms with Gasteiger partial charge >= 0.3 is 0 Å². The predicted molar refractivity (Wildman–Crippen MR) is 62.6 cm³/mol. The van der Waals surface area contributed by atoms with E-state index in [1.54, 1.807) is 29.0 Å². The van der Waals surface area contributed by atoms with Crippen molar-refractivity contribution in [3.63, 3.8) is 0 Å². The van der Waals surface area contributed by atoms with Crippen molar-refractivity contribution in [3.8, 4) is 6.07 Å². The minimum atomic E-state index is -0.0727. The molecule has 0 unspecified atom stereocenters. The van der Waals surface area contributed by atoms with Crippen LogP contribution in [-0.4, -0.2) is 10.5 Å². The summed E-state index contributed by atoms with van der Waals surface area (Å²) in [7, 11) is 0. The largest absolute Gasteiger partial charge is 0.287 e. The highest BCUT2D eigenvalue weighted by molar-refractivity contribution is 6.31. The molecule has 0 spiro atoms. The lowest BCUT2D eigenvalue weighted by atomic mass is 10.1. The molecule has 16 heavy (non-hydrogen) atoms. The molecule has 0 fully saturated rings. The Hall–Kier alpha value is -1.79. The van der Waals surface area contributed by atoms with Crippen LogP contribution in [0.2, 0.25) is 5.02 Å². The molecule has 4 heteroatoms. The summed E-state index contributed by atoms with van der Waals surface area (Å²) in [5, 5.41) is 10.2. The Kier molecular flexibility index (Phi) is 2.67. The van der Waals surface area contributed by atoms with Crippen molar-refractivity contribution in [2.45, 2.75) is 13.3 Å². The van der Waals surface area contributed by atoms with Gasteiger partial charge in [0.05, 0.1) is 18.0 Å². The van der Waals surface area contributed by atoms with Gasteiger partial charge in [0, 0.05) is 23.5 Å². The standard InChI is InChI=1S/C12H9ClN2O/c1-8(16)15-7-9(4-5-14)11-6-10(13)2-3-12(11)15/h2-3,6-7H,4H2,1H3. The monoisotopic (exact) mass is 232 g/mol. The summed E-state index contributed by atoms with van der Waals surface area (Å²) in [6, 6.07) is 7.39. The Morgan fingerprint density at radius 3 is 2.94 bits per heavy atom. The summed E-state index contributed by atoms with van der Waals surface area (Å²) in [5.74, 6) is -0.0727. The Balaban J connectivity index is 2.77. The van der Waals surface area contributed by atoms with Gasteiger partial charge in [-0.05, 0) is 23.8 Å². The molecule has 80 valence electrons. The zero-order chi connectivity index (χ0) is 11.7. The molecule has 1 aromatic heterocycles. The van der Waals surface area contributed by atoms with Gasteiger partial charge in [0.25, 0.3) is 0 Å². The van der Waals surface area contributed by atoms with Crippen LogP contribution < -0.4 is 0 Å². The quantitative estimate of drug-likeness (QED) is 0.759. The van der Waals surface area contributed by atoms with Crippen LogP contribution >= 0.6 is 11.6 Å². The lowest BCUT2D eigenvalue weighted by Gasteiger charge is -1.98. The summed E-state index contributed by atoms with van der Waals surface area (Å²) in [6.45, 7) is 1.49. The maximum atomic E-state index is 11.4. The summed E-state index contributed by atoms with van der Waals surface area (Å²) >= 11 is 5.90. The molecule has 0 aliphatic heterocycles. The fraction of sp³-hybridized carbons (Fsp3) is 0.167. The van der Waals surface area contributed by atoms with Crippen molar-refractivity contribution in [3.05, 3.63) is 35.0 Å². The van der Waals surface area contributed by atoms with Crippen molar-refractivity contribution in [1.29, 1.82) is 5.26 Å². The third kappa shape index (κ3) is 1.68. The van der Waals surface area contributed by atoms with Crippen molar-refractivity contribution < 1.29 is 4.79 Å². The number of fused-ring (bicyclic) bond motifs is 1. The first kappa shape index (κ1) is 10.7. The first-order chi connectivity index (χ1) is 7.63. The molecule has 2 rings (SSSR count). The van der Waals surface area contributed by atoms with E-state index in [1.807, 2.05) is 0 Å². The Labute approximate surface area is 97.8 Å². The molecule has 0 aliphatic carbocycles. The average molecular weight is 233 g/mol. The maximum Gasteiger partial charge on any atom is 0.227 e. The highest BCUT2D eigenvalue weighted by Crippen LogP contribution is 2.25. The molecular weight excluding hydrogens is 224 g/mol. The number of halogens is 1. The van der Waals surface area contributed by atoms with Gasteiger partial charge in [0.1, 0.15) is 0 Å². The topological polar surface area (TPSA) is 45.8 Å². The van der Waals surface area contributed by atoms with Gasteiger partial charge in [-0.2, -0.15) is 5.26 Å². The van der Waals surface area contributed by atoms with Crippen molar-refractivity contribution in [2.24, 2.45) is 0 Å². The number of benzene rings is 1. The molecule has 0 bridgehead atoms. The van der Waals surface area contributed by atoms with Crippen molar-refractivity contribution in [2.75, 3.05) is 0 Å². The maximum absolute atomic E-state index is 11.4. The molecule has 2 aromatic rings. The molecule has 3 nitrogen and oxygen atoms in total. The van der Waals surface area contributed by atoms with Crippen molar-refractivity contribution >= 4 is 28.4 Å². The SMILES string of the molecule is CC(=O)n1cc(CC#N)c2cc(Cl)ccc21. The number of nitriles is 1. The van der Waals surface area contributed by atoms with E-state index < -0.39 is 0 Å². The molecule has 1 heterocycles. The van der Waals surface area contributed by atoms with Gasteiger partial charge < -0.3 is 0 Å². The zero-order valence-electron chi connectivity index (χ0n) is 8.70. The number of aromatic nitrogens is 1. The van der Waals surface area contributed by atoms with Crippen LogP contribution in [0.4, 0.5) is 0 Å². The van der Waals surface area contributed by atoms with Gasteiger partial charge in [0.15, 0.2) is 0 Å². The summed E-state index contributed by atoms with van der Waals surface area (Å²) in [6.07, 6.45) is 1.98. The predicted octanol–water partition coefficient (Wildman–Crippen LogP) is 3.02. The van der Waals surface area contributed by atoms with E-state index in [1.165, 1.54) is 6.92 Å². The molecule has 0 saturated heterocycles. The number of hydrogen-bond donors (Lipinski definition) is 0. The summed E-state index contributed by atoms with van der Waals surface area (Å²) < 4.78 is 1.54. The van der Waals surface area contributed by atoms with E-state index in [9.17, 15) is 4.79 Å². The van der Waals surface area contributed by atoms with Gasteiger partial charge in [-0.15, -0.1) is 0 Å². The molecule has 0 aliphatic rings. The van der Waals surface area contributed by atoms with Crippen LogP contribution in [0.1, 0.15) is 17.3 Å². The van der Waals surface area contributed by atoms with E-state index in [0.717, 1.165) is 16.5 Å². The lowest BCUT2D eigenvalue weighted by Crippen LogP contribution is -2.02. The lowest BCUT2D eigenvalue weighted by molar-refractivity contribution is 0.0941. The van der Waals surface area contributed by atoms with E-state index in [2.05, 4.69) is 6.07 Å². The number of nitrogens with zero attached hydrogens (tertiary/aromatic N) is 2. The average Bonchev–Trinajstić information content (AvgIpc) is 2.58. The molecule has 0 amide bonds. The van der Waals surface area contributed by atoms with E-state index in [-0.39, 0.29) is 12.3 Å². The van der Waals surface area contributed by atoms with Gasteiger partial charge in [-0.3, -0.25) is 9.36 Å². The Morgan fingerprint density at radius 2 is 2.31 bits per heavy atom. The summed E-state index contributed by atoms with van der Waals surface area (Å²) in [5.41, 5.74) is 1.62. The third-order valence-electron chi connectivity index (χ3n) is 2.46. The van der Waals surface area contributed by atoms with Crippen LogP contribution in [0, 0.1) is 11.3 Å². The second-order valence-corrected chi connectivity index (χ2v) is 3.98. The molecule has 0 atom stereocenters. The minimum Gasteiger partial charge on any atom is -0.287 e. The van der Waals surface area contributed by atoms with E-state index in [4.69, 9.17) is 16.9 Å². The van der Waals surface area contributed by atoms with Crippen LogP contribution in [0.3, 0.4) is 0 Å². The fourth-order valence-corrected chi connectivity index (χ4v) is 1.93. The highest BCUT2D eigenvalue weighted by Gasteiger charge is 2.10. The fourth-order valence-electron chi connectivity index (χ4n) is 1.76. The van der Waals surface area contributed by atoms with Crippen LogP contribution in [0.25, 0.3) is 10.9 Å².